The first-order chi connectivity index (χ1) is 13.5. The van der Waals surface area contributed by atoms with Crippen molar-refractivity contribution in [3.8, 4) is 11.5 Å². The molecule has 3 rings (SSSR count). The van der Waals surface area contributed by atoms with Crippen LogP contribution in [0.1, 0.15) is 16.7 Å². The first-order valence-corrected chi connectivity index (χ1v) is 10.2. The van der Waals surface area contributed by atoms with E-state index in [1.54, 1.807) is 19.2 Å². The van der Waals surface area contributed by atoms with Gasteiger partial charge in [0.15, 0.2) is 11.5 Å². The summed E-state index contributed by atoms with van der Waals surface area (Å²) in [5.41, 5.74) is 4.08. The van der Waals surface area contributed by atoms with Crippen molar-refractivity contribution in [1.82, 2.24) is 0 Å². The van der Waals surface area contributed by atoms with Gasteiger partial charge in [-0.1, -0.05) is 29.8 Å². The smallest absolute Gasteiger partial charge is 0.174 e. The standard InChI is InChI=1S/C22H20ClFINO2/c1-14-3-6-17(23)11-20(14)26-12-16-9-19(25)22(21(10-16)27-2)28-13-15-4-7-18(24)8-5-15/h3-11,26H,12-13H2,1-2H3. The van der Waals surface area contributed by atoms with Gasteiger partial charge in [-0.3, -0.25) is 0 Å². The predicted molar refractivity (Wildman–Crippen MR) is 120 cm³/mol. The molecule has 1 N–H and O–H groups in total. The van der Waals surface area contributed by atoms with Crippen LogP contribution in [-0.2, 0) is 13.2 Å². The molecule has 0 amide bonds. The largest absolute Gasteiger partial charge is 0.493 e. The van der Waals surface area contributed by atoms with Crippen LogP contribution in [-0.4, -0.2) is 7.11 Å². The lowest BCUT2D eigenvalue weighted by Gasteiger charge is -2.16. The normalized spacial score (nSPS) is 10.6. The second kappa shape index (κ2) is 9.47. The molecule has 6 heteroatoms. The fourth-order valence-electron chi connectivity index (χ4n) is 2.73. The van der Waals surface area contributed by atoms with Gasteiger partial charge in [0.2, 0.25) is 0 Å². The molecule has 28 heavy (non-hydrogen) atoms. The molecule has 3 aromatic carbocycles. The van der Waals surface area contributed by atoms with Crippen molar-refractivity contribution in [3.05, 3.63) is 85.7 Å². The first-order valence-electron chi connectivity index (χ1n) is 8.70. The van der Waals surface area contributed by atoms with Gasteiger partial charge in [0.25, 0.3) is 0 Å². The maximum Gasteiger partial charge on any atom is 0.174 e. The van der Waals surface area contributed by atoms with E-state index < -0.39 is 0 Å². The van der Waals surface area contributed by atoms with Crippen LogP contribution in [0.5, 0.6) is 11.5 Å². The summed E-state index contributed by atoms with van der Waals surface area (Å²) in [5, 5.41) is 4.11. The summed E-state index contributed by atoms with van der Waals surface area (Å²) in [6.07, 6.45) is 0. The molecule has 0 aliphatic heterocycles. The summed E-state index contributed by atoms with van der Waals surface area (Å²) in [5.74, 6) is 1.08. The maximum absolute atomic E-state index is 13.0. The van der Waals surface area contributed by atoms with Gasteiger partial charge < -0.3 is 14.8 Å². The number of hydrogen-bond donors (Lipinski definition) is 1. The van der Waals surface area contributed by atoms with E-state index in [2.05, 4.69) is 34.0 Å². The quantitative estimate of drug-likeness (QED) is 0.363. The third-order valence-electron chi connectivity index (χ3n) is 4.27. The van der Waals surface area contributed by atoms with Gasteiger partial charge in [-0.05, 0) is 82.6 Å². The average molecular weight is 512 g/mol. The second-order valence-corrected chi connectivity index (χ2v) is 7.94. The molecule has 0 saturated carbocycles. The Kier molecular flexibility index (Phi) is 7.02. The molecule has 0 radical (unpaired) electrons. The van der Waals surface area contributed by atoms with E-state index in [4.69, 9.17) is 21.1 Å². The molecular formula is C22H20ClFINO2. The minimum Gasteiger partial charge on any atom is -0.493 e. The topological polar surface area (TPSA) is 30.5 Å². The van der Waals surface area contributed by atoms with E-state index >= 15 is 0 Å². The highest BCUT2D eigenvalue weighted by Gasteiger charge is 2.12. The van der Waals surface area contributed by atoms with Crippen LogP contribution in [0, 0.1) is 16.3 Å². The van der Waals surface area contributed by atoms with Gasteiger partial charge in [0.05, 0.1) is 10.7 Å². The van der Waals surface area contributed by atoms with E-state index in [1.165, 1.54) is 12.1 Å². The number of aryl methyl sites for hydroxylation is 1. The summed E-state index contributed by atoms with van der Waals surface area (Å²) in [7, 11) is 1.62. The zero-order chi connectivity index (χ0) is 20.1. The van der Waals surface area contributed by atoms with Crippen molar-refractivity contribution in [2.45, 2.75) is 20.1 Å². The van der Waals surface area contributed by atoms with Crippen LogP contribution in [0.2, 0.25) is 5.02 Å². The van der Waals surface area contributed by atoms with Gasteiger partial charge in [0.1, 0.15) is 12.4 Å². The highest BCUT2D eigenvalue weighted by Crippen LogP contribution is 2.35. The predicted octanol–water partition coefficient (Wildman–Crippen LogP) is 6.59. The van der Waals surface area contributed by atoms with Gasteiger partial charge in [-0.2, -0.15) is 0 Å². The Labute approximate surface area is 183 Å². The van der Waals surface area contributed by atoms with E-state index in [-0.39, 0.29) is 5.82 Å². The number of hydrogen-bond acceptors (Lipinski definition) is 3. The van der Waals surface area contributed by atoms with Crippen LogP contribution in [0.4, 0.5) is 10.1 Å². The third kappa shape index (κ3) is 5.29. The van der Waals surface area contributed by atoms with Crippen LogP contribution in [0.3, 0.4) is 0 Å². The first kappa shape index (κ1) is 20.7. The van der Waals surface area contributed by atoms with Crippen molar-refractivity contribution < 1.29 is 13.9 Å². The zero-order valence-electron chi connectivity index (χ0n) is 15.6. The summed E-state index contributed by atoms with van der Waals surface area (Å²) in [4.78, 5) is 0. The van der Waals surface area contributed by atoms with Crippen LogP contribution >= 0.6 is 34.2 Å². The molecule has 0 aliphatic rings. The lowest BCUT2D eigenvalue weighted by Crippen LogP contribution is -2.04. The molecule has 0 spiro atoms. The Morgan fingerprint density at radius 1 is 1.04 bits per heavy atom. The fraction of sp³-hybridized carbons (Fsp3) is 0.182. The second-order valence-electron chi connectivity index (χ2n) is 6.34. The molecule has 0 heterocycles. The third-order valence-corrected chi connectivity index (χ3v) is 5.30. The molecule has 0 aliphatic carbocycles. The number of ether oxygens (including phenoxy) is 2. The van der Waals surface area contributed by atoms with E-state index in [9.17, 15) is 4.39 Å². The maximum atomic E-state index is 13.0. The highest BCUT2D eigenvalue weighted by atomic mass is 127. The summed E-state index contributed by atoms with van der Waals surface area (Å²) < 4.78 is 25.5. The Morgan fingerprint density at radius 2 is 1.79 bits per heavy atom. The molecule has 0 bridgehead atoms. The Morgan fingerprint density at radius 3 is 2.50 bits per heavy atom. The van der Waals surface area contributed by atoms with Crippen molar-refractivity contribution in [2.75, 3.05) is 12.4 Å². The van der Waals surface area contributed by atoms with Crippen molar-refractivity contribution in [2.24, 2.45) is 0 Å². The molecule has 0 unspecified atom stereocenters. The van der Waals surface area contributed by atoms with E-state index in [1.807, 2.05) is 31.2 Å². The average Bonchev–Trinajstić information content (AvgIpc) is 2.68. The molecule has 3 nitrogen and oxygen atoms in total. The lowest BCUT2D eigenvalue weighted by molar-refractivity contribution is 0.282. The lowest BCUT2D eigenvalue weighted by atomic mass is 10.1. The Balaban J connectivity index is 1.73. The molecule has 0 atom stereocenters. The highest BCUT2D eigenvalue weighted by molar-refractivity contribution is 14.1. The molecule has 0 aromatic heterocycles. The number of nitrogens with one attached hydrogen (secondary N) is 1. The minimum atomic E-state index is -0.261. The molecule has 146 valence electrons. The van der Waals surface area contributed by atoms with Gasteiger partial charge in [0, 0.05) is 17.3 Å². The van der Waals surface area contributed by atoms with Crippen molar-refractivity contribution in [1.29, 1.82) is 0 Å². The van der Waals surface area contributed by atoms with Gasteiger partial charge in [-0.15, -0.1) is 0 Å². The Bertz CT molecular complexity index is 963. The SMILES string of the molecule is COc1cc(CNc2cc(Cl)ccc2C)cc(I)c1OCc1ccc(F)cc1. The number of anilines is 1. The summed E-state index contributed by atoms with van der Waals surface area (Å²) in [6, 6.07) is 16.1. The number of halogens is 3. The fourth-order valence-corrected chi connectivity index (χ4v) is 3.73. The van der Waals surface area contributed by atoms with Crippen molar-refractivity contribution in [3.63, 3.8) is 0 Å². The monoisotopic (exact) mass is 511 g/mol. The van der Waals surface area contributed by atoms with Crippen LogP contribution in [0.15, 0.2) is 54.6 Å². The molecule has 3 aromatic rings. The minimum absolute atomic E-state index is 0.261. The summed E-state index contributed by atoms with van der Waals surface area (Å²) in [6.45, 7) is 3.01. The molecule has 0 fully saturated rings. The number of rotatable bonds is 7. The molecule has 0 saturated heterocycles. The van der Waals surface area contributed by atoms with E-state index in [0.717, 1.165) is 25.9 Å². The van der Waals surface area contributed by atoms with E-state index in [0.29, 0.717) is 29.7 Å². The van der Waals surface area contributed by atoms with Gasteiger partial charge >= 0.3 is 0 Å². The zero-order valence-corrected chi connectivity index (χ0v) is 18.5. The van der Waals surface area contributed by atoms with Crippen LogP contribution in [0.25, 0.3) is 0 Å². The molecular weight excluding hydrogens is 492 g/mol. The van der Waals surface area contributed by atoms with Gasteiger partial charge in [-0.25, -0.2) is 4.39 Å². The Hall–Kier alpha value is -1.99. The van der Waals surface area contributed by atoms with Crippen LogP contribution < -0.4 is 14.8 Å². The number of methoxy groups -OCH3 is 1. The van der Waals surface area contributed by atoms with Crippen molar-refractivity contribution >= 4 is 39.9 Å². The summed E-state index contributed by atoms with van der Waals surface area (Å²) >= 11 is 8.32. The number of benzene rings is 3.